The number of nitrogens with zero attached hydrogens (tertiary/aromatic N) is 5. The Morgan fingerprint density at radius 3 is 2.45 bits per heavy atom. The number of alkyl halides is 5. The Bertz CT molecular complexity index is 1630. The predicted molar refractivity (Wildman–Crippen MR) is 141 cm³/mol. The Morgan fingerprint density at radius 1 is 1.10 bits per heavy atom. The number of piperazine rings is 1. The van der Waals surface area contributed by atoms with Crippen LogP contribution in [0.4, 0.5) is 27.1 Å². The van der Waals surface area contributed by atoms with Crippen molar-refractivity contribution in [1.82, 2.24) is 24.6 Å². The molecule has 4 aromatic rings. The molecule has 2 aromatic heterocycles. The van der Waals surface area contributed by atoms with Crippen LogP contribution >= 0.6 is 11.3 Å². The minimum absolute atomic E-state index is 0.0603. The van der Waals surface area contributed by atoms with E-state index in [0.29, 0.717) is 33.2 Å². The number of hydrogen-bond acceptors (Lipinski definition) is 9. The lowest BCUT2D eigenvalue weighted by atomic mass is 10.1. The fourth-order valence-electron chi connectivity index (χ4n) is 4.30. The molecular weight excluding hydrogens is 607 g/mol. The van der Waals surface area contributed by atoms with E-state index in [0.717, 1.165) is 16.4 Å². The number of aromatic nitrogens is 3. The number of ether oxygens (including phenoxy) is 1. The Morgan fingerprint density at radius 2 is 1.81 bits per heavy atom. The molecule has 1 N–H and O–H groups in total. The van der Waals surface area contributed by atoms with Gasteiger partial charge in [-0.05, 0) is 42.0 Å². The summed E-state index contributed by atoms with van der Waals surface area (Å²) in [5.41, 5.74) is -0.0472. The fourth-order valence-corrected chi connectivity index (χ4v) is 6.80. The zero-order chi connectivity index (χ0) is 30.1. The maximum Gasteiger partial charge on any atom is 0.416 e. The van der Waals surface area contributed by atoms with Gasteiger partial charge in [0.15, 0.2) is 10.8 Å². The first-order valence-corrected chi connectivity index (χ1v) is 14.5. The van der Waals surface area contributed by atoms with E-state index in [1.807, 2.05) is 0 Å². The van der Waals surface area contributed by atoms with Gasteiger partial charge < -0.3 is 15.0 Å². The highest BCUT2D eigenvalue weighted by atomic mass is 32.2. The van der Waals surface area contributed by atoms with Crippen LogP contribution in [0, 0.1) is 0 Å². The van der Waals surface area contributed by atoms with E-state index in [-0.39, 0.29) is 31.9 Å². The van der Waals surface area contributed by atoms with Crippen LogP contribution in [0.3, 0.4) is 0 Å². The Hall–Kier alpha value is -3.96. The molecule has 42 heavy (non-hydrogen) atoms. The zero-order valence-electron chi connectivity index (χ0n) is 21.3. The maximum atomic E-state index is 13.6. The first kappa shape index (κ1) is 29.5. The molecule has 17 heteroatoms. The van der Waals surface area contributed by atoms with E-state index >= 15 is 0 Å². The van der Waals surface area contributed by atoms with Crippen molar-refractivity contribution >= 4 is 42.7 Å². The minimum Gasteiger partial charge on any atom is -0.435 e. The van der Waals surface area contributed by atoms with Crippen LogP contribution in [0.25, 0.3) is 10.3 Å². The third kappa shape index (κ3) is 6.42. The second-order valence-electron chi connectivity index (χ2n) is 9.05. The average Bonchev–Trinajstić information content (AvgIpc) is 3.40. The molecule has 0 aliphatic carbocycles. The molecule has 1 amide bonds. The third-order valence-corrected chi connectivity index (χ3v) is 9.33. The highest BCUT2D eigenvalue weighted by Crippen LogP contribution is 2.32. The highest BCUT2D eigenvalue weighted by molar-refractivity contribution is 7.89. The van der Waals surface area contributed by atoms with Crippen molar-refractivity contribution < 1.29 is 39.9 Å². The molecule has 222 valence electrons. The van der Waals surface area contributed by atoms with Crippen LogP contribution in [0.15, 0.2) is 66.0 Å². The number of amides is 1. The largest absolute Gasteiger partial charge is 0.435 e. The summed E-state index contributed by atoms with van der Waals surface area (Å²) in [7, 11) is -4.40. The number of thiazole rings is 1. The number of hydrogen-bond donors (Lipinski definition) is 1. The van der Waals surface area contributed by atoms with Gasteiger partial charge in [0.05, 0.1) is 15.2 Å². The summed E-state index contributed by atoms with van der Waals surface area (Å²) in [6, 6.07) is 7.28. The molecule has 0 spiro atoms. The molecule has 0 saturated carbocycles. The van der Waals surface area contributed by atoms with Crippen LogP contribution in [0.2, 0.25) is 0 Å². The van der Waals surface area contributed by atoms with Gasteiger partial charge in [-0.1, -0.05) is 23.5 Å². The van der Waals surface area contributed by atoms with Gasteiger partial charge in [-0.3, -0.25) is 4.79 Å². The van der Waals surface area contributed by atoms with Crippen LogP contribution in [-0.2, 0) is 27.5 Å². The van der Waals surface area contributed by atoms with Crippen LogP contribution in [-0.4, -0.2) is 65.9 Å². The molecule has 0 radical (unpaired) electrons. The van der Waals surface area contributed by atoms with Gasteiger partial charge in [-0.15, -0.1) is 0 Å². The van der Waals surface area contributed by atoms with Crippen LogP contribution in [0.5, 0.6) is 5.75 Å². The lowest BCUT2D eigenvalue weighted by molar-refractivity contribution is -0.137. The zero-order valence-corrected chi connectivity index (χ0v) is 23.0. The monoisotopic (exact) mass is 628 g/mol. The summed E-state index contributed by atoms with van der Waals surface area (Å²) in [5.74, 6) is -0.749. The first-order valence-electron chi connectivity index (χ1n) is 12.2. The van der Waals surface area contributed by atoms with Crippen molar-refractivity contribution in [3.05, 3.63) is 72.2 Å². The van der Waals surface area contributed by atoms with Gasteiger partial charge in [-0.25, -0.2) is 18.4 Å². The Kier molecular flexibility index (Phi) is 8.25. The molecule has 1 fully saturated rings. The number of halogens is 5. The quantitative estimate of drug-likeness (QED) is 0.292. The van der Waals surface area contributed by atoms with E-state index < -0.39 is 45.2 Å². The van der Waals surface area contributed by atoms with Crippen LogP contribution < -0.4 is 15.0 Å². The van der Waals surface area contributed by atoms with E-state index in [4.69, 9.17) is 0 Å². The number of rotatable bonds is 8. The van der Waals surface area contributed by atoms with Gasteiger partial charge >= 0.3 is 12.8 Å². The van der Waals surface area contributed by atoms with Crippen molar-refractivity contribution in [2.75, 3.05) is 24.5 Å². The fraction of sp³-hybridized carbons (Fsp3) is 0.280. The number of sulfonamides is 1. The maximum absolute atomic E-state index is 13.6. The van der Waals surface area contributed by atoms with Gasteiger partial charge in [0.1, 0.15) is 18.1 Å². The molecule has 10 nitrogen and oxygen atoms in total. The van der Waals surface area contributed by atoms with Gasteiger partial charge in [0.25, 0.3) is 0 Å². The summed E-state index contributed by atoms with van der Waals surface area (Å²) in [4.78, 5) is 27.3. The topological polar surface area (TPSA) is 118 Å². The van der Waals surface area contributed by atoms with Gasteiger partial charge in [-0.2, -0.15) is 31.2 Å². The van der Waals surface area contributed by atoms with Crippen molar-refractivity contribution in [1.29, 1.82) is 0 Å². The molecule has 2 aromatic carbocycles. The van der Waals surface area contributed by atoms with Crippen LogP contribution in [0.1, 0.15) is 11.1 Å². The lowest BCUT2D eigenvalue weighted by Gasteiger charge is -2.39. The Labute approximate surface area is 239 Å². The number of anilines is 1. The summed E-state index contributed by atoms with van der Waals surface area (Å²) >= 11 is 1.26. The summed E-state index contributed by atoms with van der Waals surface area (Å²) in [5, 5.41) is 3.15. The van der Waals surface area contributed by atoms with Crippen molar-refractivity contribution in [3.8, 4) is 5.75 Å². The Balaban J connectivity index is 1.39. The molecule has 1 aliphatic heterocycles. The molecule has 1 atom stereocenters. The number of carbonyl (C=O) groups is 1. The SMILES string of the molecule is O=C(NCc1ccc(OC(F)F)cc1)[C@H]1CN(c2nc3ncncc3s2)CCN1S(=O)(=O)c1ccc(C(F)(F)F)cc1. The number of benzene rings is 2. The van der Waals surface area contributed by atoms with Crippen molar-refractivity contribution in [2.24, 2.45) is 0 Å². The minimum atomic E-state index is -4.65. The van der Waals surface area contributed by atoms with Gasteiger partial charge in [0, 0.05) is 32.4 Å². The summed E-state index contributed by atoms with van der Waals surface area (Å²) in [6.45, 7) is -3.19. The normalized spacial score (nSPS) is 16.6. The third-order valence-electron chi connectivity index (χ3n) is 6.37. The molecule has 1 aliphatic rings. The molecular formula is C25H21F5N6O4S2. The van der Waals surface area contributed by atoms with E-state index in [2.05, 4.69) is 25.0 Å². The van der Waals surface area contributed by atoms with E-state index in [1.54, 1.807) is 11.1 Å². The van der Waals surface area contributed by atoms with Gasteiger partial charge in [0.2, 0.25) is 15.9 Å². The smallest absolute Gasteiger partial charge is 0.416 e. The summed E-state index contributed by atoms with van der Waals surface area (Å²) in [6.07, 6.45) is -1.73. The van der Waals surface area contributed by atoms with E-state index in [9.17, 15) is 35.2 Å². The molecule has 5 rings (SSSR count). The molecule has 1 saturated heterocycles. The molecule has 0 bridgehead atoms. The first-order chi connectivity index (χ1) is 19.9. The van der Waals surface area contributed by atoms with Crippen molar-refractivity contribution in [2.45, 2.75) is 30.3 Å². The lowest BCUT2D eigenvalue weighted by Crippen LogP contribution is -2.60. The summed E-state index contributed by atoms with van der Waals surface area (Å²) < 4.78 is 97.1. The second-order valence-corrected chi connectivity index (χ2v) is 11.9. The standard InChI is InChI=1S/C25H21F5N6O4S2/c26-23(27)40-17-5-1-15(2-6-17)11-32-22(37)19-13-35(24-34-21-20(41-24)12-31-14-33-21)9-10-36(19)42(38,39)18-7-3-16(4-8-18)25(28,29)30/h1-8,12,14,19,23H,9-11,13H2,(H,32,37)/t19-/m1/s1. The number of fused-ring (bicyclic) bond motifs is 1. The number of carbonyl (C=O) groups excluding carboxylic acids is 1. The highest BCUT2D eigenvalue weighted by Gasteiger charge is 2.41. The van der Waals surface area contributed by atoms with Crippen molar-refractivity contribution in [3.63, 3.8) is 0 Å². The molecule has 3 heterocycles. The average molecular weight is 629 g/mol. The molecule has 0 unspecified atom stereocenters. The van der Waals surface area contributed by atoms with E-state index in [1.165, 1.54) is 41.9 Å². The predicted octanol–water partition coefficient (Wildman–Crippen LogP) is 3.90. The second kappa shape index (κ2) is 11.7. The number of nitrogens with one attached hydrogen (secondary N) is 1.